The fourth-order valence-corrected chi connectivity index (χ4v) is 3.16. The summed E-state index contributed by atoms with van der Waals surface area (Å²) in [6.07, 6.45) is 2.88. The van der Waals surface area contributed by atoms with Crippen LogP contribution in [0.25, 0.3) is 0 Å². The van der Waals surface area contributed by atoms with Gasteiger partial charge in [-0.1, -0.05) is 19.3 Å². The van der Waals surface area contributed by atoms with Crippen LogP contribution in [0.4, 0.5) is 17.6 Å². The second-order valence-electron chi connectivity index (χ2n) is 5.54. The molecule has 1 fully saturated rings. The Bertz CT molecular complexity index is 569. The van der Waals surface area contributed by atoms with Crippen molar-refractivity contribution in [1.82, 2.24) is 0 Å². The van der Waals surface area contributed by atoms with Gasteiger partial charge in [0.05, 0.1) is 7.11 Å². The molecular formula is C15H17F4NO2. The zero-order valence-corrected chi connectivity index (χ0v) is 12.1. The van der Waals surface area contributed by atoms with E-state index in [1.807, 2.05) is 0 Å². The number of hydrogen-bond acceptors (Lipinski definition) is 3. The Morgan fingerprint density at radius 2 is 1.55 bits per heavy atom. The van der Waals surface area contributed by atoms with Crippen molar-refractivity contribution in [1.29, 1.82) is 0 Å². The SMILES string of the molecule is COC(=O)c1c(F)c(F)c(C2(CN)CCCCC2)c(F)c1F. The maximum atomic E-state index is 14.4. The highest BCUT2D eigenvalue weighted by atomic mass is 19.2. The number of ether oxygens (including phenoxy) is 1. The van der Waals surface area contributed by atoms with Crippen molar-refractivity contribution in [3.05, 3.63) is 34.4 Å². The smallest absolute Gasteiger partial charge is 0.344 e. The lowest BCUT2D eigenvalue weighted by molar-refractivity contribution is 0.0586. The van der Waals surface area contributed by atoms with E-state index in [1.165, 1.54) is 0 Å². The van der Waals surface area contributed by atoms with Crippen LogP contribution in [0.5, 0.6) is 0 Å². The Morgan fingerprint density at radius 1 is 1.05 bits per heavy atom. The summed E-state index contributed by atoms with van der Waals surface area (Å²) in [7, 11) is 0.868. The minimum absolute atomic E-state index is 0.128. The number of hydrogen-bond donors (Lipinski definition) is 1. The average molecular weight is 319 g/mol. The van der Waals surface area contributed by atoms with Crippen molar-refractivity contribution < 1.29 is 27.1 Å². The molecule has 0 atom stereocenters. The van der Waals surface area contributed by atoms with Gasteiger partial charge in [0.2, 0.25) is 0 Å². The van der Waals surface area contributed by atoms with Gasteiger partial charge in [0.1, 0.15) is 5.56 Å². The summed E-state index contributed by atoms with van der Waals surface area (Å²) in [5.74, 6) is -8.07. The fourth-order valence-electron chi connectivity index (χ4n) is 3.16. The molecule has 0 saturated heterocycles. The van der Waals surface area contributed by atoms with Crippen molar-refractivity contribution in [2.75, 3.05) is 13.7 Å². The zero-order chi connectivity index (χ0) is 16.5. The summed E-state index contributed by atoms with van der Waals surface area (Å²) in [6, 6.07) is 0. The van der Waals surface area contributed by atoms with Crippen LogP contribution in [-0.2, 0) is 10.2 Å². The van der Waals surface area contributed by atoms with Gasteiger partial charge >= 0.3 is 5.97 Å². The van der Waals surface area contributed by atoms with Gasteiger partial charge in [-0.25, -0.2) is 22.4 Å². The van der Waals surface area contributed by atoms with Crippen LogP contribution in [0.2, 0.25) is 0 Å². The van der Waals surface area contributed by atoms with Crippen LogP contribution in [-0.4, -0.2) is 19.6 Å². The third-order valence-electron chi connectivity index (χ3n) is 4.38. The van der Waals surface area contributed by atoms with Gasteiger partial charge in [-0.2, -0.15) is 0 Å². The first-order chi connectivity index (χ1) is 10.4. The third-order valence-corrected chi connectivity index (χ3v) is 4.38. The number of rotatable bonds is 3. The molecule has 1 aromatic rings. The quantitative estimate of drug-likeness (QED) is 0.529. The van der Waals surface area contributed by atoms with Crippen LogP contribution < -0.4 is 5.73 Å². The second-order valence-corrected chi connectivity index (χ2v) is 5.54. The molecule has 0 aliphatic heterocycles. The maximum absolute atomic E-state index is 14.4. The van der Waals surface area contributed by atoms with Crippen molar-refractivity contribution in [3.63, 3.8) is 0 Å². The van der Waals surface area contributed by atoms with E-state index in [0.29, 0.717) is 25.7 Å². The highest BCUT2D eigenvalue weighted by Crippen LogP contribution is 2.42. The normalized spacial score (nSPS) is 17.4. The minimum atomic E-state index is -1.74. The Kier molecular flexibility index (Phi) is 4.75. The van der Waals surface area contributed by atoms with E-state index in [1.54, 1.807) is 0 Å². The summed E-state index contributed by atoms with van der Waals surface area (Å²) in [6.45, 7) is -0.128. The molecule has 1 aromatic carbocycles. The molecule has 7 heteroatoms. The highest BCUT2D eigenvalue weighted by molar-refractivity contribution is 5.90. The lowest BCUT2D eigenvalue weighted by Gasteiger charge is -2.37. The molecule has 2 N–H and O–H groups in total. The molecule has 0 amide bonds. The van der Waals surface area contributed by atoms with E-state index in [-0.39, 0.29) is 6.54 Å². The van der Waals surface area contributed by atoms with E-state index < -0.39 is 45.8 Å². The number of benzene rings is 1. The first kappa shape index (κ1) is 16.7. The van der Waals surface area contributed by atoms with Crippen LogP contribution >= 0.6 is 0 Å². The molecular weight excluding hydrogens is 302 g/mol. The van der Waals surface area contributed by atoms with Gasteiger partial charge in [0.25, 0.3) is 0 Å². The van der Waals surface area contributed by atoms with E-state index in [9.17, 15) is 22.4 Å². The van der Waals surface area contributed by atoms with Gasteiger partial charge in [-0.15, -0.1) is 0 Å². The summed E-state index contributed by atoms with van der Waals surface area (Å²) in [4.78, 5) is 11.3. The Balaban J connectivity index is 2.70. The van der Waals surface area contributed by atoms with Gasteiger partial charge in [0, 0.05) is 17.5 Å². The molecule has 0 unspecified atom stereocenters. The standard InChI is InChI=1S/C15H17F4NO2/c1-22-14(21)8-10(16)12(18)9(13(19)11(8)17)15(7-20)5-3-2-4-6-15/h2-7,20H2,1H3. The lowest BCUT2D eigenvalue weighted by atomic mass is 9.69. The van der Waals surface area contributed by atoms with Crippen molar-refractivity contribution in [2.24, 2.45) is 5.73 Å². The van der Waals surface area contributed by atoms with E-state index in [2.05, 4.69) is 4.74 Å². The molecule has 2 rings (SSSR count). The van der Waals surface area contributed by atoms with Gasteiger partial charge in [-0.3, -0.25) is 0 Å². The fraction of sp³-hybridized carbons (Fsp3) is 0.533. The number of nitrogens with two attached hydrogens (primary N) is 1. The first-order valence-corrected chi connectivity index (χ1v) is 7.04. The van der Waals surface area contributed by atoms with Crippen LogP contribution in [0.1, 0.15) is 48.0 Å². The number of carbonyl (C=O) groups excluding carboxylic acids is 1. The van der Waals surface area contributed by atoms with Crippen molar-refractivity contribution >= 4 is 5.97 Å². The molecule has 122 valence electrons. The predicted octanol–water partition coefficient (Wildman–Crippen LogP) is 3.19. The third kappa shape index (κ3) is 2.47. The molecule has 1 saturated carbocycles. The van der Waals surface area contributed by atoms with Crippen LogP contribution in [0, 0.1) is 23.3 Å². The molecule has 0 aromatic heterocycles. The number of esters is 1. The summed E-state index contributed by atoms with van der Waals surface area (Å²) < 4.78 is 61.1. The molecule has 1 aliphatic carbocycles. The molecule has 1 aliphatic rings. The van der Waals surface area contributed by atoms with Gasteiger partial charge < -0.3 is 10.5 Å². The number of carbonyl (C=O) groups is 1. The largest absolute Gasteiger partial charge is 0.465 e. The summed E-state index contributed by atoms with van der Waals surface area (Å²) >= 11 is 0. The lowest BCUT2D eigenvalue weighted by Crippen LogP contribution is -2.39. The van der Waals surface area contributed by atoms with E-state index in [0.717, 1.165) is 13.5 Å². The Labute approximate surface area is 125 Å². The predicted molar refractivity (Wildman–Crippen MR) is 71.4 cm³/mol. The molecule has 0 heterocycles. The average Bonchev–Trinajstić information content (AvgIpc) is 2.54. The highest BCUT2D eigenvalue weighted by Gasteiger charge is 2.41. The van der Waals surface area contributed by atoms with E-state index >= 15 is 0 Å². The van der Waals surface area contributed by atoms with Gasteiger partial charge in [-0.05, 0) is 12.8 Å². The number of methoxy groups -OCH3 is 1. The Morgan fingerprint density at radius 3 is 1.95 bits per heavy atom. The van der Waals surface area contributed by atoms with Crippen LogP contribution in [0.3, 0.4) is 0 Å². The molecule has 0 spiro atoms. The zero-order valence-electron chi connectivity index (χ0n) is 12.1. The van der Waals surface area contributed by atoms with Crippen LogP contribution in [0.15, 0.2) is 0 Å². The topological polar surface area (TPSA) is 52.3 Å². The first-order valence-electron chi connectivity index (χ1n) is 7.04. The maximum Gasteiger partial charge on any atom is 0.344 e. The molecule has 0 radical (unpaired) electrons. The molecule has 22 heavy (non-hydrogen) atoms. The van der Waals surface area contributed by atoms with Gasteiger partial charge in [0.15, 0.2) is 23.3 Å². The van der Waals surface area contributed by atoms with Crippen molar-refractivity contribution in [2.45, 2.75) is 37.5 Å². The van der Waals surface area contributed by atoms with Crippen molar-refractivity contribution in [3.8, 4) is 0 Å². The number of halogens is 4. The Hall–Kier alpha value is -1.63. The monoisotopic (exact) mass is 319 g/mol. The van der Waals surface area contributed by atoms with E-state index in [4.69, 9.17) is 5.73 Å². The summed E-state index contributed by atoms with van der Waals surface area (Å²) in [5, 5.41) is 0. The summed E-state index contributed by atoms with van der Waals surface area (Å²) in [5.41, 5.74) is 2.46. The second kappa shape index (κ2) is 6.24. The minimum Gasteiger partial charge on any atom is -0.465 e. The molecule has 3 nitrogen and oxygen atoms in total. The molecule has 0 bridgehead atoms.